The van der Waals surface area contributed by atoms with Crippen LogP contribution in [0.5, 0.6) is 0 Å². The SMILES string of the molecule is CCOC(=O)c1ccc(NC(=O)CCSc2nc(-c3ccc(C)cc3)c(-c3ccc(C)cc3)[nH]2)cc1. The van der Waals surface area contributed by atoms with Gasteiger partial charge in [-0.1, -0.05) is 71.4 Å². The maximum Gasteiger partial charge on any atom is 0.338 e. The van der Waals surface area contributed by atoms with Gasteiger partial charge in [0, 0.05) is 29.0 Å². The van der Waals surface area contributed by atoms with Crippen molar-refractivity contribution in [3.8, 4) is 22.5 Å². The molecule has 184 valence electrons. The fourth-order valence-electron chi connectivity index (χ4n) is 3.64. The van der Waals surface area contributed by atoms with Crippen molar-refractivity contribution in [3.05, 3.63) is 89.5 Å². The van der Waals surface area contributed by atoms with Gasteiger partial charge in [-0.15, -0.1) is 0 Å². The normalized spacial score (nSPS) is 10.8. The largest absolute Gasteiger partial charge is 0.462 e. The number of imidazole rings is 1. The second-order valence-electron chi connectivity index (χ2n) is 8.44. The molecule has 0 bridgehead atoms. The summed E-state index contributed by atoms with van der Waals surface area (Å²) in [6, 6.07) is 23.4. The maximum absolute atomic E-state index is 12.5. The van der Waals surface area contributed by atoms with E-state index >= 15 is 0 Å². The minimum Gasteiger partial charge on any atom is -0.462 e. The lowest BCUT2D eigenvalue weighted by Crippen LogP contribution is -2.12. The Morgan fingerprint density at radius 1 is 0.889 bits per heavy atom. The van der Waals surface area contributed by atoms with Crippen LogP contribution in [0.2, 0.25) is 0 Å². The van der Waals surface area contributed by atoms with E-state index in [1.165, 1.54) is 22.9 Å². The number of aromatic amines is 1. The Morgan fingerprint density at radius 3 is 2.11 bits per heavy atom. The lowest BCUT2D eigenvalue weighted by molar-refractivity contribution is -0.115. The van der Waals surface area contributed by atoms with E-state index in [1.54, 1.807) is 31.2 Å². The van der Waals surface area contributed by atoms with Crippen molar-refractivity contribution in [2.45, 2.75) is 32.3 Å². The average molecular weight is 500 g/mol. The minimum absolute atomic E-state index is 0.101. The maximum atomic E-state index is 12.5. The summed E-state index contributed by atoms with van der Waals surface area (Å²) in [6.07, 6.45) is 0.324. The number of carbonyl (C=O) groups is 2. The summed E-state index contributed by atoms with van der Waals surface area (Å²) in [5.41, 5.74) is 7.47. The predicted molar refractivity (Wildman–Crippen MR) is 145 cm³/mol. The number of nitrogens with one attached hydrogen (secondary N) is 2. The average Bonchev–Trinajstić information content (AvgIpc) is 3.29. The first-order valence-electron chi connectivity index (χ1n) is 11.9. The molecule has 1 heterocycles. The molecule has 2 N–H and O–H groups in total. The number of aromatic nitrogens is 2. The first-order valence-corrected chi connectivity index (χ1v) is 12.9. The summed E-state index contributed by atoms with van der Waals surface area (Å²) in [7, 11) is 0. The van der Waals surface area contributed by atoms with Crippen LogP contribution in [-0.2, 0) is 9.53 Å². The molecule has 3 aromatic carbocycles. The summed E-state index contributed by atoms with van der Waals surface area (Å²) in [5.74, 6) is 0.0942. The fraction of sp³-hybridized carbons (Fsp3) is 0.207. The molecule has 0 spiro atoms. The molecule has 4 aromatic rings. The zero-order chi connectivity index (χ0) is 25.5. The number of esters is 1. The fourth-order valence-corrected chi connectivity index (χ4v) is 4.45. The second kappa shape index (κ2) is 11.7. The molecule has 0 aliphatic carbocycles. The van der Waals surface area contributed by atoms with Gasteiger partial charge in [0.25, 0.3) is 0 Å². The van der Waals surface area contributed by atoms with Crippen LogP contribution >= 0.6 is 11.8 Å². The Labute approximate surface area is 215 Å². The van der Waals surface area contributed by atoms with Crippen molar-refractivity contribution in [1.82, 2.24) is 9.97 Å². The van der Waals surface area contributed by atoms with Crippen molar-refractivity contribution >= 4 is 29.3 Å². The number of hydrogen-bond donors (Lipinski definition) is 2. The molecule has 0 saturated heterocycles. The molecule has 0 radical (unpaired) electrons. The molecule has 0 aliphatic rings. The Morgan fingerprint density at radius 2 is 1.50 bits per heavy atom. The molecule has 7 heteroatoms. The Hall–Kier alpha value is -3.84. The van der Waals surface area contributed by atoms with Crippen LogP contribution in [0.15, 0.2) is 78.0 Å². The monoisotopic (exact) mass is 499 g/mol. The number of carbonyl (C=O) groups excluding carboxylic acids is 2. The summed E-state index contributed by atoms with van der Waals surface area (Å²) in [4.78, 5) is 32.5. The highest BCUT2D eigenvalue weighted by atomic mass is 32.2. The summed E-state index contributed by atoms with van der Waals surface area (Å²) in [6.45, 7) is 6.22. The number of amides is 1. The zero-order valence-electron chi connectivity index (χ0n) is 20.6. The molecule has 4 rings (SSSR count). The number of rotatable bonds is 9. The van der Waals surface area contributed by atoms with Crippen LogP contribution in [0.1, 0.15) is 34.8 Å². The van der Waals surface area contributed by atoms with Gasteiger partial charge in [-0.25, -0.2) is 9.78 Å². The lowest BCUT2D eigenvalue weighted by atomic mass is 10.0. The third-order valence-electron chi connectivity index (χ3n) is 5.60. The van der Waals surface area contributed by atoms with Gasteiger partial charge in [0.2, 0.25) is 5.91 Å². The van der Waals surface area contributed by atoms with Crippen LogP contribution < -0.4 is 5.32 Å². The van der Waals surface area contributed by atoms with Crippen molar-refractivity contribution in [3.63, 3.8) is 0 Å². The highest BCUT2D eigenvalue weighted by Crippen LogP contribution is 2.33. The Kier molecular flexibility index (Phi) is 8.23. The molecule has 0 atom stereocenters. The molecule has 0 saturated carbocycles. The van der Waals surface area contributed by atoms with Gasteiger partial charge >= 0.3 is 5.97 Å². The summed E-state index contributed by atoms with van der Waals surface area (Å²) in [5, 5.41) is 3.64. The van der Waals surface area contributed by atoms with Crippen molar-refractivity contribution in [2.75, 3.05) is 17.7 Å². The number of H-pyrrole nitrogens is 1. The van der Waals surface area contributed by atoms with E-state index < -0.39 is 0 Å². The molecule has 0 fully saturated rings. The van der Waals surface area contributed by atoms with E-state index in [1.807, 2.05) is 0 Å². The molecule has 1 aromatic heterocycles. The van der Waals surface area contributed by atoms with E-state index in [2.05, 4.69) is 72.7 Å². The molecule has 0 aliphatic heterocycles. The van der Waals surface area contributed by atoms with E-state index in [9.17, 15) is 9.59 Å². The summed E-state index contributed by atoms with van der Waals surface area (Å²) < 4.78 is 4.98. The Bertz CT molecular complexity index is 1260. The van der Waals surface area contributed by atoms with Crippen LogP contribution in [-0.4, -0.2) is 34.2 Å². The van der Waals surface area contributed by atoms with E-state index in [0.717, 1.165) is 27.7 Å². The summed E-state index contributed by atoms with van der Waals surface area (Å²) >= 11 is 1.51. The van der Waals surface area contributed by atoms with Gasteiger partial charge in [-0.3, -0.25) is 4.79 Å². The number of aryl methyl sites for hydroxylation is 2. The zero-order valence-corrected chi connectivity index (χ0v) is 21.4. The molecular formula is C29H29N3O3S. The molecule has 6 nitrogen and oxygen atoms in total. The van der Waals surface area contributed by atoms with Crippen molar-refractivity contribution < 1.29 is 14.3 Å². The second-order valence-corrected chi connectivity index (χ2v) is 9.53. The van der Waals surface area contributed by atoms with Gasteiger partial charge in [-0.05, 0) is 45.0 Å². The third-order valence-corrected chi connectivity index (χ3v) is 6.47. The third kappa shape index (κ3) is 6.43. The lowest BCUT2D eigenvalue weighted by Gasteiger charge is -2.06. The molecular weight excluding hydrogens is 470 g/mol. The molecule has 0 unspecified atom stereocenters. The van der Waals surface area contributed by atoms with Gasteiger partial charge < -0.3 is 15.0 Å². The quantitative estimate of drug-likeness (QED) is 0.199. The van der Waals surface area contributed by atoms with E-state index in [0.29, 0.717) is 30.0 Å². The first-order chi connectivity index (χ1) is 17.4. The van der Waals surface area contributed by atoms with Crippen LogP contribution in [0.25, 0.3) is 22.5 Å². The minimum atomic E-state index is -0.375. The van der Waals surface area contributed by atoms with E-state index in [-0.39, 0.29) is 11.9 Å². The molecule has 36 heavy (non-hydrogen) atoms. The Balaban J connectivity index is 1.41. The number of ether oxygens (including phenoxy) is 1. The number of hydrogen-bond acceptors (Lipinski definition) is 5. The van der Waals surface area contributed by atoms with Crippen molar-refractivity contribution in [2.24, 2.45) is 0 Å². The van der Waals surface area contributed by atoms with Crippen LogP contribution in [0.3, 0.4) is 0 Å². The highest BCUT2D eigenvalue weighted by Gasteiger charge is 2.15. The molecule has 1 amide bonds. The topological polar surface area (TPSA) is 84.1 Å². The number of benzene rings is 3. The smallest absolute Gasteiger partial charge is 0.338 e. The van der Waals surface area contributed by atoms with Gasteiger partial charge in [0.05, 0.1) is 23.6 Å². The highest BCUT2D eigenvalue weighted by molar-refractivity contribution is 7.99. The van der Waals surface area contributed by atoms with Crippen LogP contribution in [0.4, 0.5) is 5.69 Å². The van der Waals surface area contributed by atoms with Crippen LogP contribution in [0, 0.1) is 13.8 Å². The first kappa shape index (κ1) is 25.3. The van der Waals surface area contributed by atoms with E-state index in [4.69, 9.17) is 9.72 Å². The predicted octanol–water partition coefficient (Wildman–Crippen LogP) is 6.66. The van der Waals surface area contributed by atoms with Gasteiger partial charge in [0.1, 0.15) is 0 Å². The number of thioether (sulfide) groups is 1. The number of anilines is 1. The van der Waals surface area contributed by atoms with Gasteiger partial charge in [-0.2, -0.15) is 0 Å². The van der Waals surface area contributed by atoms with Crippen molar-refractivity contribution in [1.29, 1.82) is 0 Å². The van der Waals surface area contributed by atoms with Gasteiger partial charge in [0.15, 0.2) is 5.16 Å². The standard InChI is InChI=1S/C29H29N3O3S/c1-4-35-28(34)23-13-15-24(16-14-23)30-25(33)17-18-36-29-31-26(21-9-5-19(2)6-10-21)27(32-29)22-11-7-20(3)8-12-22/h5-16H,4,17-18H2,1-3H3,(H,30,33)(H,31,32). The number of nitrogens with zero attached hydrogens (tertiary/aromatic N) is 1.